The molecule has 6 nitrogen and oxygen atoms in total. The molecule has 0 amide bonds. The highest BCUT2D eigenvalue weighted by atomic mass is 32.1. The van der Waals surface area contributed by atoms with E-state index >= 15 is 0 Å². The molecule has 4 aliphatic carbocycles. The molecule has 56 heavy (non-hydrogen) atoms. The number of nitrogens with zero attached hydrogens (tertiary/aromatic N) is 2. The lowest BCUT2D eigenvalue weighted by atomic mass is 9.84. The lowest BCUT2D eigenvalue weighted by Crippen LogP contribution is -2.39. The van der Waals surface area contributed by atoms with Crippen LogP contribution < -0.4 is 21.1 Å². The average Bonchev–Trinajstić information content (AvgIpc) is 4.03. The highest BCUT2D eigenvalue weighted by Crippen LogP contribution is 2.36. The molecule has 8 heteroatoms. The summed E-state index contributed by atoms with van der Waals surface area (Å²) in [6.07, 6.45) is 13.0. The summed E-state index contributed by atoms with van der Waals surface area (Å²) in [5, 5.41) is 8.45. The minimum atomic E-state index is -0.216. The Bertz CT molecular complexity index is 3250. The van der Waals surface area contributed by atoms with E-state index < -0.39 is 0 Å². The number of Topliss-reactive ketones (excluding diaryl/α,β-unsaturated/α-hetero) is 4. The van der Waals surface area contributed by atoms with Crippen molar-refractivity contribution in [1.29, 1.82) is 0 Å². The van der Waals surface area contributed by atoms with E-state index in [-0.39, 0.29) is 46.1 Å². The molecule has 4 heterocycles. The van der Waals surface area contributed by atoms with Crippen LogP contribution in [0.2, 0.25) is 0 Å². The summed E-state index contributed by atoms with van der Waals surface area (Å²) in [7, 11) is 4.15. The van der Waals surface area contributed by atoms with Gasteiger partial charge in [0.25, 0.3) is 0 Å². The maximum Gasteiger partial charge on any atom is 0.197 e. The maximum absolute atomic E-state index is 13.5. The van der Waals surface area contributed by atoms with Crippen LogP contribution in [0.25, 0.3) is 78.4 Å². The molecule has 0 saturated carbocycles. The van der Waals surface area contributed by atoms with Crippen molar-refractivity contribution in [2.75, 3.05) is 0 Å². The number of thiophene rings is 2. The summed E-state index contributed by atoms with van der Waals surface area (Å²) in [4.78, 5) is 55.8. The molecule has 0 bridgehead atoms. The fourth-order valence-corrected chi connectivity index (χ4v) is 11.6. The number of ketones is 4. The highest BCUT2D eigenvalue weighted by Gasteiger charge is 2.35. The average molecular weight is 761 g/mol. The Balaban J connectivity index is 0.902. The van der Waals surface area contributed by atoms with E-state index in [1.165, 1.54) is 10.4 Å². The summed E-state index contributed by atoms with van der Waals surface area (Å²) in [6.45, 7) is 0. The minimum Gasteiger partial charge on any atom is -0.343 e. The number of hydrogen-bond acceptors (Lipinski definition) is 6. The number of fused-ring (bicyclic) bond motifs is 11. The van der Waals surface area contributed by atoms with E-state index in [9.17, 15) is 19.2 Å². The second kappa shape index (κ2) is 11.1. The largest absolute Gasteiger partial charge is 0.343 e. The SMILES string of the molecule is Cn1c2c(c3sc(C=C4C(=O)c5cc6ccccc6cc5C4=O)cc31)=CC1C=c3c(c4sc(C=C5C(=O)c6cc7ccccc7cc6C5=O)cc4n3C)=CC1C=2. The lowest BCUT2D eigenvalue weighted by Gasteiger charge is -2.21. The van der Waals surface area contributed by atoms with Crippen molar-refractivity contribution in [3.05, 3.63) is 149 Å². The Morgan fingerprint density at radius 1 is 0.482 bits per heavy atom. The first kappa shape index (κ1) is 31.8. The summed E-state index contributed by atoms with van der Waals surface area (Å²) in [5.74, 6) is -0.560. The molecule has 4 aliphatic rings. The second-order valence-corrected chi connectivity index (χ2v) is 17.4. The third kappa shape index (κ3) is 4.25. The van der Waals surface area contributed by atoms with Crippen LogP contribution in [0.5, 0.6) is 0 Å². The quantitative estimate of drug-likeness (QED) is 0.139. The Kier molecular flexibility index (Phi) is 6.29. The van der Waals surface area contributed by atoms with Gasteiger partial charge in [-0.3, -0.25) is 19.2 Å². The van der Waals surface area contributed by atoms with Crippen molar-refractivity contribution >= 4 is 124 Å². The van der Waals surface area contributed by atoms with Crippen LogP contribution in [-0.4, -0.2) is 32.3 Å². The van der Waals surface area contributed by atoms with Gasteiger partial charge in [-0.1, -0.05) is 72.8 Å². The monoisotopic (exact) mass is 760 g/mol. The van der Waals surface area contributed by atoms with E-state index in [1.54, 1.807) is 34.8 Å². The first-order valence-corrected chi connectivity index (χ1v) is 20.1. The van der Waals surface area contributed by atoms with Gasteiger partial charge in [0.2, 0.25) is 0 Å². The molecular formula is C48H28N2O4S2. The third-order valence-electron chi connectivity index (χ3n) is 12.1. The zero-order chi connectivity index (χ0) is 37.7. The van der Waals surface area contributed by atoms with Crippen molar-refractivity contribution in [2.24, 2.45) is 25.9 Å². The Labute approximate surface area is 326 Å². The van der Waals surface area contributed by atoms with Gasteiger partial charge >= 0.3 is 0 Å². The number of aryl methyl sites for hydroxylation is 2. The Morgan fingerprint density at radius 2 is 0.821 bits per heavy atom. The van der Waals surface area contributed by atoms with E-state index in [0.29, 0.717) is 22.3 Å². The van der Waals surface area contributed by atoms with Crippen LogP contribution in [0, 0.1) is 11.8 Å². The van der Waals surface area contributed by atoms with E-state index in [2.05, 4.69) is 59.7 Å². The normalized spacial score (nSPS) is 18.1. The molecule has 0 saturated heterocycles. The Morgan fingerprint density at radius 3 is 1.16 bits per heavy atom. The van der Waals surface area contributed by atoms with Crippen molar-refractivity contribution in [3.63, 3.8) is 0 Å². The first-order valence-electron chi connectivity index (χ1n) is 18.5. The van der Waals surface area contributed by atoms with Crippen LogP contribution in [0.4, 0.5) is 0 Å². The van der Waals surface area contributed by atoms with Crippen LogP contribution in [0.3, 0.4) is 0 Å². The maximum atomic E-state index is 13.5. The van der Waals surface area contributed by atoms with Gasteiger partial charge in [-0.25, -0.2) is 0 Å². The van der Waals surface area contributed by atoms with E-state index in [0.717, 1.165) is 62.4 Å². The molecule has 12 rings (SSSR count). The summed E-state index contributed by atoms with van der Waals surface area (Å²) in [5.41, 5.74) is 4.48. The van der Waals surface area contributed by atoms with Crippen LogP contribution in [0.1, 0.15) is 51.2 Å². The van der Waals surface area contributed by atoms with Crippen LogP contribution in [0.15, 0.2) is 96.1 Å². The number of rotatable bonds is 2. The zero-order valence-electron chi connectivity index (χ0n) is 30.0. The molecule has 2 unspecified atom stereocenters. The van der Waals surface area contributed by atoms with E-state index in [4.69, 9.17) is 0 Å². The third-order valence-corrected chi connectivity index (χ3v) is 14.3. The number of allylic oxidation sites excluding steroid dienone is 2. The molecule has 8 aromatic rings. The summed E-state index contributed by atoms with van der Waals surface area (Å²) < 4.78 is 6.71. The molecule has 0 N–H and O–H groups in total. The van der Waals surface area contributed by atoms with Crippen molar-refractivity contribution in [3.8, 4) is 0 Å². The summed E-state index contributed by atoms with van der Waals surface area (Å²) in [6, 6.07) is 27.1. The van der Waals surface area contributed by atoms with Crippen molar-refractivity contribution in [1.82, 2.24) is 9.13 Å². The molecule has 266 valence electrons. The molecule has 0 aliphatic heterocycles. The van der Waals surface area contributed by atoms with Gasteiger partial charge in [0.05, 0.1) is 31.6 Å². The predicted molar refractivity (Wildman–Crippen MR) is 226 cm³/mol. The molecule has 0 radical (unpaired) electrons. The van der Waals surface area contributed by atoms with Gasteiger partial charge in [0, 0.05) is 79.1 Å². The smallest absolute Gasteiger partial charge is 0.197 e. The fraction of sp³-hybridized carbons (Fsp3) is 0.0833. The van der Waals surface area contributed by atoms with Crippen molar-refractivity contribution < 1.29 is 19.2 Å². The number of hydrogen-bond donors (Lipinski definition) is 0. The van der Waals surface area contributed by atoms with Crippen molar-refractivity contribution in [2.45, 2.75) is 0 Å². The van der Waals surface area contributed by atoms with Gasteiger partial charge in [-0.2, -0.15) is 0 Å². The number of aromatic nitrogens is 2. The van der Waals surface area contributed by atoms with Crippen LogP contribution >= 0.6 is 22.7 Å². The molecular weight excluding hydrogens is 733 g/mol. The lowest BCUT2D eigenvalue weighted by molar-refractivity contribution is 0.0975. The summed E-state index contributed by atoms with van der Waals surface area (Å²) >= 11 is 3.23. The number of carbonyl (C=O) groups is 4. The molecule has 2 atom stereocenters. The fourth-order valence-electron chi connectivity index (χ4n) is 9.26. The predicted octanol–water partition coefficient (Wildman–Crippen LogP) is 7.11. The van der Waals surface area contributed by atoms with Gasteiger partial charge in [-0.15, -0.1) is 22.7 Å². The highest BCUT2D eigenvalue weighted by molar-refractivity contribution is 7.20. The zero-order valence-corrected chi connectivity index (χ0v) is 31.7. The first-order chi connectivity index (χ1) is 27.2. The van der Waals surface area contributed by atoms with Gasteiger partial charge < -0.3 is 9.13 Å². The topological polar surface area (TPSA) is 78.1 Å². The second-order valence-electron chi connectivity index (χ2n) is 15.2. The molecule has 0 spiro atoms. The number of benzene rings is 4. The Hall–Kier alpha value is -6.48. The standard InChI is InChI=1S/C48H28N2O4S2/c1-49-39-17-27-16-36-40(50(2)42-22-30(56-48(36)42)20-38-45(53)33-13-25-9-5-6-10-26(25)14-34(33)46(38)54)18-28(27)15-35(39)47-41(49)21-29(55-47)19-37-43(51)31-11-23-7-3-4-8-24(23)12-32(31)44(37)52/h3-22,27-28H,1-2H3. The number of carbonyl (C=O) groups excluding carboxylic acids is 4. The van der Waals surface area contributed by atoms with E-state index in [1.807, 2.05) is 72.8 Å². The molecule has 0 fully saturated rings. The molecule has 4 aromatic heterocycles. The molecule has 4 aromatic carbocycles. The van der Waals surface area contributed by atoms with Gasteiger partial charge in [0.15, 0.2) is 23.1 Å². The van der Waals surface area contributed by atoms with Gasteiger partial charge in [-0.05, 0) is 70.1 Å². The van der Waals surface area contributed by atoms with Gasteiger partial charge in [0.1, 0.15) is 0 Å². The van der Waals surface area contributed by atoms with Crippen LogP contribution in [-0.2, 0) is 14.1 Å². The minimum absolute atomic E-state index is 0.151.